The molecule has 0 atom stereocenters. The van der Waals surface area contributed by atoms with Crippen LogP contribution < -0.4 is 0 Å². The maximum absolute atomic E-state index is 10.8. The fourth-order valence-electron chi connectivity index (χ4n) is 1.20. The van der Waals surface area contributed by atoms with Gasteiger partial charge in [0, 0.05) is 4.47 Å². The first-order valence-electron chi connectivity index (χ1n) is 3.66. The number of carboxylic acids is 1. The molecule has 0 aliphatic rings. The third-order valence-corrected chi connectivity index (χ3v) is 3.10. The Morgan fingerprint density at radius 3 is 2.93 bits per heavy atom. The molecule has 0 amide bonds. The second kappa shape index (κ2) is 3.25. The number of rotatable bonds is 1. The lowest BCUT2D eigenvalue weighted by atomic mass is 10.2. The van der Waals surface area contributed by atoms with Crippen molar-refractivity contribution in [2.45, 2.75) is 0 Å². The minimum absolute atomic E-state index is 0.0636. The van der Waals surface area contributed by atoms with E-state index in [2.05, 4.69) is 26.1 Å². The highest BCUT2D eigenvalue weighted by atomic mass is 79.9. The number of hydrogen-bond donors (Lipinski definition) is 2. The number of benzene rings is 1. The van der Waals surface area contributed by atoms with E-state index in [1.165, 1.54) is 0 Å². The smallest absolute Gasteiger partial charge is 0.357 e. The average Bonchev–Trinajstić information content (AvgIpc) is 2.55. The minimum Gasteiger partial charge on any atom is -0.476 e. The quantitative estimate of drug-likeness (QED) is 0.841. The molecule has 1 aromatic heterocycles. The number of aromatic amines is 1. The largest absolute Gasteiger partial charge is 0.476 e. The average molecular weight is 275 g/mol. The summed E-state index contributed by atoms with van der Waals surface area (Å²) >= 11 is 9.16. The molecule has 6 heteroatoms. The van der Waals surface area contributed by atoms with Gasteiger partial charge in [0.1, 0.15) is 0 Å². The molecule has 0 aliphatic heterocycles. The van der Waals surface area contributed by atoms with Crippen molar-refractivity contribution in [3.05, 3.63) is 27.3 Å². The number of nitrogens with zero attached hydrogens (tertiary/aromatic N) is 1. The van der Waals surface area contributed by atoms with Crippen LogP contribution in [0.2, 0.25) is 5.02 Å². The number of halogens is 2. The van der Waals surface area contributed by atoms with Crippen molar-refractivity contribution < 1.29 is 9.90 Å². The Morgan fingerprint density at radius 2 is 2.29 bits per heavy atom. The molecule has 0 fully saturated rings. The van der Waals surface area contributed by atoms with E-state index in [1.54, 1.807) is 12.1 Å². The summed E-state index contributed by atoms with van der Waals surface area (Å²) in [6.45, 7) is 0. The first-order valence-corrected chi connectivity index (χ1v) is 4.83. The zero-order chi connectivity index (χ0) is 10.3. The molecule has 0 radical (unpaired) electrons. The highest BCUT2D eigenvalue weighted by molar-refractivity contribution is 9.10. The molecule has 2 rings (SSSR count). The van der Waals surface area contributed by atoms with Crippen molar-refractivity contribution >= 4 is 44.4 Å². The number of carboxylic acid groups (broad SMARTS) is 1. The van der Waals surface area contributed by atoms with Crippen molar-refractivity contribution in [2.75, 3.05) is 0 Å². The maximum atomic E-state index is 10.8. The number of H-pyrrole nitrogens is 1. The van der Waals surface area contributed by atoms with Crippen molar-refractivity contribution in [3.8, 4) is 0 Å². The van der Waals surface area contributed by atoms with Gasteiger partial charge in [-0.1, -0.05) is 11.6 Å². The summed E-state index contributed by atoms with van der Waals surface area (Å²) in [5.41, 5.74) is 0.543. The van der Waals surface area contributed by atoms with Gasteiger partial charge >= 0.3 is 5.97 Å². The summed E-state index contributed by atoms with van der Waals surface area (Å²) in [7, 11) is 0. The summed E-state index contributed by atoms with van der Waals surface area (Å²) in [5.74, 6) is -1.10. The van der Waals surface area contributed by atoms with E-state index in [4.69, 9.17) is 16.7 Å². The Labute approximate surface area is 92.0 Å². The lowest BCUT2D eigenvalue weighted by Gasteiger charge is -1.97. The Kier molecular flexibility index (Phi) is 2.20. The summed E-state index contributed by atoms with van der Waals surface area (Å²) in [5, 5.41) is 15.9. The lowest BCUT2D eigenvalue weighted by molar-refractivity contribution is 0.0692. The van der Waals surface area contributed by atoms with Crippen LogP contribution in [0.1, 0.15) is 10.5 Å². The standard InChI is InChI=1S/C8H4BrClN2O2/c9-3-1-2-4-5(6(3)10)7(8(13)14)12-11-4/h1-2H,(H,11,12)(H,13,14). The Bertz CT molecular complexity index is 523. The predicted molar refractivity (Wildman–Crippen MR) is 55.8 cm³/mol. The van der Waals surface area contributed by atoms with E-state index in [0.29, 0.717) is 20.4 Å². The van der Waals surface area contributed by atoms with Crippen LogP contribution in [-0.2, 0) is 0 Å². The molecule has 2 aromatic rings. The van der Waals surface area contributed by atoms with Gasteiger partial charge in [0.25, 0.3) is 0 Å². The van der Waals surface area contributed by atoms with Gasteiger partial charge in [-0.05, 0) is 28.1 Å². The molecule has 1 heterocycles. The van der Waals surface area contributed by atoms with E-state index in [1.807, 2.05) is 0 Å². The second-order valence-electron chi connectivity index (χ2n) is 2.66. The highest BCUT2D eigenvalue weighted by Crippen LogP contribution is 2.31. The first kappa shape index (κ1) is 9.48. The van der Waals surface area contributed by atoms with Crippen molar-refractivity contribution in [2.24, 2.45) is 0 Å². The minimum atomic E-state index is -1.10. The van der Waals surface area contributed by atoms with Crippen LogP contribution in [0.15, 0.2) is 16.6 Å². The van der Waals surface area contributed by atoms with Crippen LogP contribution in [-0.4, -0.2) is 21.3 Å². The molecular weight excluding hydrogens is 271 g/mol. The maximum Gasteiger partial charge on any atom is 0.357 e. The van der Waals surface area contributed by atoms with Gasteiger partial charge in [-0.3, -0.25) is 5.10 Å². The molecule has 0 saturated carbocycles. The Hall–Kier alpha value is -1.07. The first-order chi connectivity index (χ1) is 6.61. The Balaban J connectivity index is 2.89. The summed E-state index contributed by atoms with van der Waals surface area (Å²) < 4.78 is 0.649. The second-order valence-corrected chi connectivity index (χ2v) is 3.89. The van der Waals surface area contributed by atoms with Crippen LogP contribution >= 0.6 is 27.5 Å². The van der Waals surface area contributed by atoms with Crippen LogP contribution in [0.25, 0.3) is 10.9 Å². The van der Waals surface area contributed by atoms with Crippen LogP contribution in [0, 0.1) is 0 Å². The summed E-state index contributed by atoms with van der Waals surface area (Å²) in [6, 6.07) is 3.44. The van der Waals surface area contributed by atoms with Crippen molar-refractivity contribution in [1.82, 2.24) is 10.2 Å². The number of nitrogens with one attached hydrogen (secondary N) is 1. The third-order valence-electron chi connectivity index (χ3n) is 1.82. The number of carbonyl (C=O) groups is 1. The molecule has 0 aliphatic carbocycles. The molecule has 1 aromatic carbocycles. The Morgan fingerprint density at radius 1 is 1.57 bits per heavy atom. The zero-order valence-corrected chi connectivity index (χ0v) is 9.06. The summed E-state index contributed by atoms with van der Waals surface area (Å²) in [4.78, 5) is 10.8. The topological polar surface area (TPSA) is 66.0 Å². The molecule has 0 saturated heterocycles. The van der Waals surface area contributed by atoms with Crippen molar-refractivity contribution in [1.29, 1.82) is 0 Å². The van der Waals surface area contributed by atoms with Gasteiger partial charge in [0.15, 0.2) is 5.69 Å². The van der Waals surface area contributed by atoms with Gasteiger partial charge in [0.05, 0.1) is 15.9 Å². The zero-order valence-electron chi connectivity index (χ0n) is 6.71. The van der Waals surface area contributed by atoms with Crippen LogP contribution in [0.3, 0.4) is 0 Å². The van der Waals surface area contributed by atoms with E-state index < -0.39 is 5.97 Å². The summed E-state index contributed by atoms with van der Waals surface area (Å²) in [6.07, 6.45) is 0. The van der Waals surface area contributed by atoms with Crippen LogP contribution in [0.5, 0.6) is 0 Å². The van der Waals surface area contributed by atoms with E-state index in [0.717, 1.165) is 0 Å². The highest BCUT2D eigenvalue weighted by Gasteiger charge is 2.16. The number of fused-ring (bicyclic) bond motifs is 1. The van der Waals surface area contributed by atoms with Gasteiger partial charge in [-0.25, -0.2) is 4.79 Å². The number of hydrogen-bond acceptors (Lipinski definition) is 2. The normalized spacial score (nSPS) is 10.7. The fourth-order valence-corrected chi connectivity index (χ4v) is 1.79. The lowest BCUT2D eigenvalue weighted by Crippen LogP contribution is -1.97. The van der Waals surface area contributed by atoms with Gasteiger partial charge in [-0.15, -0.1) is 0 Å². The third kappa shape index (κ3) is 1.29. The van der Waals surface area contributed by atoms with Gasteiger partial charge < -0.3 is 5.11 Å². The monoisotopic (exact) mass is 274 g/mol. The number of aromatic carboxylic acids is 1. The molecule has 0 unspecified atom stereocenters. The van der Waals surface area contributed by atoms with Crippen LogP contribution in [0.4, 0.5) is 0 Å². The fraction of sp³-hybridized carbons (Fsp3) is 0. The molecule has 4 nitrogen and oxygen atoms in total. The van der Waals surface area contributed by atoms with Gasteiger partial charge in [-0.2, -0.15) is 5.10 Å². The van der Waals surface area contributed by atoms with Crippen molar-refractivity contribution in [3.63, 3.8) is 0 Å². The molecule has 0 spiro atoms. The molecule has 2 N–H and O–H groups in total. The number of aromatic nitrogens is 2. The molecule has 72 valence electrons. The SMILES string of the molecule is O=C(O)c1n[nH]c2ccc(Br)c(Cl)c12. The van der Waals surface area contributed by atoms with Gasteiger partial charge in [0.2, 0.25) is 0 Å². The van der Waals surface area contributed by atoms with E-state index in [9.17, 15) is 4.79 Å². The molecule has 14 heavy (non-hydrogen) atoms. The molecular formula is C8H4BrClN2O2. The molecule has 0 bridgehead atoms. The van der Waals surface area contributed by atoms with E-state index in [-0.39, 0.29) is 5.69 Å². The van der Waals surface area contributed by atoms with E-state index >= 15 is 0 Å². The predicted octanol–water partition coefficient (Wildman–Crippen LogP) is 2.68.